The van der Waals surface area contributed by atoms with E-state index >= 15 is 0 Å². The Morgan fingerprint density at radius 1 is 1.25 bits per heavy atom. The van der Waals surface area contributed by atoms with E-state index in [0.717, 1.165) is 6.42 Å². The lowest BCUT2D eigenvalue weighted by Gasteiger charge is -2.25. The van der Waals surface area contributed by atoms with Crippen molar-refractivity contribution in [1.29, 1.82) is 0 Å². The van der Waals surface area contributed by atoms with Crippen molar-refractivity contribution in [3.8, 4) is 0 Å². The van der Waals surface area contributed by atoms with Gasteiger partial charge in [0.25, 0.3) is 0 Å². The van der Waals surface area contributed by atoms with Gasteiger partial charge in [0.15, 0.2) is 0 Å². The van der Waals surface area contributed by atoms with Gasteiger partial charge in [-0.05, 0) is 13.3 Å². The van der Waals surface area contributed by atoms with Crippen LogP contribution in [-0.2, 0) is 9.59 Å². The van der Waals surface area contributed by atoms with Gasteiger partial charge in [-0.2, -0.15) is 0 Å². The Morgan fingerprint density at radius 3 is 2.19 bits per heavy atom. The van der Waals surface area contributed by atoms with E-state index in [1.807, 2.05) is 13.8 Å². The zero-order valence-electron chi connectivity index (χ0n) is 10.7. The average molecular weight is 229 g/mol. The van der Waals surface area contributed by atoms with E-state index in [1.165, 1.54) is 9.80 Å². The van der Waals surface area contributed by atoms with Gasteiger partial charge in [-0.15, -0.1) is 0 Å². The summed E-state index contributed by atoms with van der Waals surface area (Å²) >= 11 is 0. The number of carbonyl (C=O) groups is 2. The third kappa shape index (κ3) is 4.61. The number of carbonyl (C=O) groups excluding carboxylic acids is 2. The molecule has 0 aliphatic carbocycles. The normalized spacial score (nSPS) is 12.1. The second-order valence-electron chi connectivity index (χ2n) is 4.04. The van der Waals surface area contributed by atoms with Gasteiger partial charge in [-0.1, -0.05) is 13.3 Å². The maximum Gasteiger partial charge on any atom is 0.241 e. The van der Waals surface area contributed by atoms with Crippen LogP contribution in [0.5, 0.6) is 0 Å². The molecule has 2 amide bonds. The maximum atomic E-state index is 11.9. The lowest BCUT2D eigenvalue weighted by Crippen LogP contribution is -2.47. The molecule has 0 aromatic heterocycles. The third-order valence-corrected chi connectivity index (χ3v) is 2.44. The molecule has 16 heavy (non-hydrogen) atoms. The highest BCUT2D eigenvalue weighted by atomic mass is 16.2. The molecule has 0 unspecified atom stereocenters. The number of hydrogen-bond acceptors (Lipinski definition) is 3. The molecule has 0 aromatic rings. The van der Waals surface area contributed by atoms with Crippen LogP contribution >= 0.6 is 0 Å². The van der Waals surface area contributed by atoms with E-state index in [0.29, 0.717) is 13.0 Å². The van der Waals surface area contributed by atoms with Gasteiger partial charge in [0, 0.05) is 20.6 Å². The van der Waals surface area contributed by atoms with Crippen molar-refractivity contribution in [3.63, 3.8) is 0 Å². The molecule has 0 aliphatic rings. The molecule has 0 fully saturated rings. The fourth-order valence-corrected chi connectivity index (χ4v) is 1.32. The van der Waals surface area contributed by atoms with Crippen LogP contribution in [0.3, 0.4) is 0 Å². The van der Waals surface area contributed by atoms with Gasteiger partial charge in [-0.25, -0.2) is 0 Å². The van der Waals surface area contributed by atoms with E-state index in [-0.39, 0.29) is 18.4 Å². The largest absolute Gasteiger partial charge is 0.347 e. The second kappa shape index (κ2) is 7.22. The minimum absolute atomic E-state index is 0.0844. The summed E-state index contributed by atoms with van der Waals surface area (Å²) in [5, 5.41) is 0. The average Bonchev–Trinajstić information content (AvgIpc) is 2.24. The van der Waals surface area contributed by atoms with Crippen LogP contribution in [0.4, 0.5) is 0 Å². The molecule has 2 N–H and O–H groups in total. The molecule has 0 bridgehead atoms. The molecule has 0 heterocycles. The van der Waals surface area contributed by atoms with Crippen molar-refractivity contribution in [2.24, 2.45) is 5.73 Å². The molecule has 1 atom stereocenters. The predicted molar refractivity (Wildman–Crippen MR) is 63.8 cm³/mol. The van der Waals surface area contributed by atoms with Crippen molar-refractivity contribution in [3.05, 3.63) is 0 Å². The van der Waals surface area contributed by atoms with Gasteiger partial charge in [0.2, 0.25) is 11.8 Å². The smallest absolute Gasteiger partial charge is 0.241 e. The van der Waals surface area contributed by atoms with Crippen LogP contribution in [0.1, 0.15) is 26.7 Å². The Balaban J connectivity index is 4.37. The minimum atomic E-state index is -0.486. The predicted octanol–water partition coefficient (Wildman–Crippen LogP) is 0.0505. The van der Waals surface area contributed by atoms with Crippen LogP contribution in [0.15, 0.2) is 0 Å². The van der Waals surface area contributed by atoms with Crippen molar-refractivity contribution in [1.82, 2.24) is 9.80 Å². The molecular weight excluding hydrogens is 206 g/mol. The van der Waals surface area contributed by atoms with Crippen LogP contribution in [-0.4, -0.2) is 54.8 Å². The number of hydrogen-bond donors (Lipinski definition) is 1. The fraction of sp³-hybridized carbons (Fsp3) is 0.818. The van der Waals surface area contributed by atoms with Gasteiger partial charge >= 0.3 is 0 Å². The lowest BCUT2D eigenvalue weighted by atomic mass is 10.1. The summed E-state index contributed by atoms with van der Waals surface area (Å²) < 4.78 is 0. The maximum absolute atomic E-state index is 11.9. The highest BCUT2D eigenvalue weighted by Crippen LogP contribution is 2.00. The quantitative estimate of drug-likeness (QED) is 0.700. The Bertz CT molecular complexity index is 241. The molecule has 5 heteroatoms. The number of amides is 2. The Morgan fingerprint density at radius 2 is 1.81 bits per heavy atom. The molecule has 0 saturated carbocycles. The molecular formula is C11H23N3O2. The second-order valence-corrected chi connectivity index (χ2v) is 4.04. The first-order chi connectivity index (χ1) is 7.43. The molecule has 94 valence electrons. The van der Waals surface area contributed by atoms with Crippen molar-refractivity contribution in [2.45, 2.75) is 32.7 Å². The van der Waals surface area contributed by atoms with Gasteiger partial charge in [0.1, 0.15) is 0 Å². The summed E-state index contributed by atoms with van der Waals surface area (Å²) in [5.74, 6) is -0.224. The zero-order chi connectivity index (χ0) is 12.7. The van der Waals surface area contributed by atoms with E-state index in [9.17, 15) is 9.59 Å². The first-order valence-corrected chi connectivity index (χ1v) is 5.68. The zero-order valence-corrected chi connectivity index (χ0v) is 10.7. The van der Waals surface area contributed by atoms with Crippen LogP contribution in [0.25, 0.3) is 0 Å². The molecule has 0 rings (SSSR count). The monoisotopic (exact) mass is 229 g/mol. The summed E-state index contributed by atoms with van der Waals surface area (Å²) in [6, 6.07) is -0.486. The van der Waals surface area contributed by atoms with Crippen LogP contribution in [0, 0.1) is 0 Å². The molecule has 0 aromatic carbocycles. The van der Waals surface area contributed by atoms with Crippen molar-refractivity contribution < 1.29 is 9.59 Å². The number of likely N-dealkylation sites (N-methyl/N-ethyl adjacent to an activating group) is 2. The molecule has 5 nitrogen and oxygen atoms in total. The van der Waals surface area contributed by atoms with E-state index in [4.69, 9.17) is 5.73 Å². The van der Waals surface area contributed by atoms with Gasteiger partial charge in [0.05, 0.1) is 12.6 Å². The van der Waals surface area contributed by atoms with Crippen molar-refractivity contribution in [2.75, 3.05) is 27.2 Å². The molecule has 0 spiro atoms. The lowest BCUT2D eigenvalue weighted by molar-refractivity contribution is -0.139. The summed E-state index contributed by atoms with van der Waals surface area (Å²) in [7, 11) is 3.35. The van der Waals surface area contributed by atoms with E-state index in [2.05, 4.69) is 0 Å². The van der Waals surface area contributed by atoms with Gasteiger partial charge < -0.3 is 15.5 Å². The molecule has 0 aliphatic heterocycles. The molecule has 0 saturated heterocycles. The summed E-state index contributed by atoms with van der Waals surface area (Å²) in [4.78, 5) is 26.3. The Kier molecular flexibility index (Phi) is 6.72. The Labute approximate surface area is 97.6 Å². The number of nitrogens with zero attached hydrogens (tertiary/aromatic N) is 2. The topological polar surface area (TPSA) is 66.6 Å². The van der Waals surface area contributed by atoms with E-state index < -0.39 is 6.04 Å². The SMILES string of the molecule is CCC[C@H](N)C(=O)N(CC)CC(=O)N(C)C. The third-order valence-electron chi connectivity index (χ3n) is 2.44. The summed E-state index contributed by atoms with van der Waals surface area (Å²) in [5.41, 5.74) is 5.74. The van der Waals surface area contributed by atoms with Crippen LogP contribution < -0.4 is 5.73 Å². The minimum Gasteiger partial charge on any atom is -0.347 e. The summed E-state index contributed by atoms with van der Waals surface area (Å²) in [6.07, 6.45) is 1.53. The standard InChI is InChI=1S/C11H23N3O2/c1-5-7-9(12)11(16)14(6-2)8-10(15)13(3)4/h9H,5-8,12H2,1-4H3/t9-/m0/s1. The highest BCUT2D eigenvalue weighted by molar-refractivity contribution is 5.87. The fourth-order valence-electron chi connectivity index (χ4n) is 1.32. The first-order valence-electron chi connectivity index (χ1n) is 5.68. The van der Waals surface area contributed by atoms with Crippen LogP contribution in [0.2, 0.25) is 0 Å². The highest BCUT2D eigenvalue weighted by Gasteiger charge is 2.21. The van der Waals surface area contributed by atoms with Crippen molar-refractivity contribution >= 4 is 11.8 Å². The summed E-state index contributed by atoms with van der Waals surface area (Å²) in [6.45, 7) is 4.45. The first kappa shape index (κ1) is 14.9. The number of rotatable bonds is 6. The Hall–Kier alpha value is -1.10. The molecule has 0 radical (unpaired) electrons. The van der Waals surface area contributed by atoms with E-state index in [1.54, 1.807) is 14.1 Å². The van der Waals surface area contributed by atoms with Gasteiger partial charge in [-0.3, -0.25) is 9.59 Å². The number of nitrogens with two attached hydrogens (primary N) is 1.